The second-order valence-electron chi connectivity index (χ2n) is 8.36. The lowest BCUT2D eigenvalue weighted by molar-refractivity contribution is -0.143. The van der Waals surface area contributed by atoms with E-state index >= 15 is 0 Å². The highest BCUT2D eigenvalue weighted by Gasteiger charge is 2.32. The van der Waals surface area contributed by atoms with Crippen LogP contribution in [0.3, 0.4) is 0 Å². The molecule has 5 nitrogen and oxygen atoms in total. The number of carbonyl (C=O) groups excluding carboxylic acids is 2. The van der Waals surface area contributed by atoms with E-state index in [0.717, 1.165) is 16.5 Å². The van der Waals surface area contributed by atoms with E-state index in [-0.39, 0.29) is 17.5 Å². The number of aromatic nitrogens is 1. The molecule has 2 aromatic carbocycles. The molecule has 0 saturated heterocycles. The summed E-state index contributed by atoms with van der Waals surface area (Å²) in [6.45, 7) is 7.17. The molecular weight excluding hydrogens is 366 g/mol. The number of rotatable bonds is 2. The van der Waals surface area contributed by atoms with Gasteiger partial charge in [0.25, 0.3) is 0 Å². The first-order valence-corrected chi connectivity index (χ1v) is 9.51. The van der Waals surface area contributed by atoms with Crippen molar-refractivity contribution in [3.05, 3.63) is 65.0 Å². The van der Waals surface area contributed by atoms with Crippen molar-refractivity contribution < 1.29 is 19.1 Å². The molecule has 1 aliphatic rings. The van der Waals surface area contributed by atoms with Crippen LogP contribution in [0.4, 0.5) is 0 Å². The van der Waals surface area contributed by atoms with Gasteiger partial charge in [-0.25, -0.2) is 0 Å². The van der Waals surface area contributed by atoms with Crippen molar-refractivity contribution in [3.8, 4) is 11.5 Å². The fourth-order valence-corrected chi connectivity index (χ4v) is 3.36. The van der Waals surface area contributed by atoms with Gasteiger partial charge in [0.15, 0.2) is 5.76 Å². The Labute approximate surface area is 169 Å². The molecule has 148 valence electrons. The van der Waals surface area contributed by atoms with Crippen LogP contribution in [-0.4, -0.2) is 16.3 Å². The molecular formula is C24H23NO4. The minimum absolute atomic E-state index is 0.176. The quantitative estimate of drug-likeness (QED) is 0.349. The molecule has 0 amide bonds. The molecule has 1 aromatic heterocycles. The Morgan fingerprint density at radius 1 is 1.14 bits per heavy atom. The summed E-state index contributed by atoms with van der Waals surface area (Å²) >= 11 is 0. The number of allylic oxidation sites excluding steroid dienone is 1. The molecule has 0 N–H and O–H groups in total. The third kappa shape index (κ3) is 3.23. The number of esters is 1. The average molecular weight is 389 g/mol. The van der Waals surface area contributed by atoms with Crippen LogP contribution in [0.5, 0.6) is 11.5 Å². The molecule has 0 radical (unpaired) electrons. The lowest BCUT2D eigenvalue weighted by atomic mass is 9.97. The largest absolute Gasteiger partial charge is 0.452 e. The minimum atomic E-state index is -0.623. The first kappa shape index (κ1) is 19.0. The SMILES string of the molecule is Cc1c(OC(=O)C(C)(C)C)ccc2c1O/C(=C/c1cn(C)c3ccccc13)C2=O. The van der Waals surface area contributed by atoms with Gasteiger partial charge in [-0.2, -0.15) is 0 Å². The highest BCUT2D eigenvalue weighted by molar-refractivity contribution is 6.15. The zero-order valence-corrected chi connectivity index (χ0v) is 17.2. The fraction of sp³-hybridized carbons (Fsp3) is 0.250. The predicted molar refractivity (Wildman–Crippen MR) is 112 cm³/mol. The number of Topliss-reactive ketones (excluding diaryl/α,β-unsaturated/α-hetero) is 1. The van der Waals surface area contributed by atoms with Gasteiger partial charge in [-0.05, 0) is 52.0 Å². The van der Waals surface area contributed by atoms with Gasteiger partial charge in [-0.3, -0.25) is 9.59 Å². The molecule has 0 spiro atoms. The lowest BCUT2D eigenvalue weighted by Gasteiger charge is -2.17. The molecule has 29 heavy (non-hydrogen) atoms. The topological polar surface area (TPSA) is 57.5 Å². The van der Waals surface area contributed by atoms with E-state index in [1.165, 1.54) is 0 Å². The van der Waals surface area contributed by atoms with E-state index in [1.54, 1.807) is 45.9 Å². The second-order valence-corrected chi connectivity index (χ2v) is 8.36. The average Bonchev–Trinajstić information content (AvgIpc) is 3.15. The van der Waals surface area contributed by atoms with Crippen LogP contribution in [0.25, 0.3) is 17.0 Å². The summed E-state index contributed by atoms with van der Waals surface area (Å²) in [7, 11) is 1.97. The van der Waals surface area contributed by atoms with Crippen molar-refractivity contribution in [2.24, 2.45) is 12.5 Å². The maximum atomic E-state index is 12.9. The fourth-order valence-electron chi connectivity index (χ4n) is 3.36. The molecule has 0 aliphatic carbocycles. The Balaban J connectivity index is 1.70. The molecule has 1 aliphatic heterocycles. The zero-order chi connectivity index (χ0) is 20.9. The summed E-state index contributed by atoms with van der Waals surface area (Å²) in [5.41, 5.74) is 2.48. The molecule has 0 saturated carbocycles. The van der Waals surface area contributed by atoms with E-state index in [4.69, 9.17) is 9.47 Å². The van der Waals surface area contributed by atoms with Gasteiger partial charge < -0.3 is 14.0 Å². The van der Waals surface area contributed by atoms with E-state index in [1.807, 2.05) is 42.1 Å². The van der Waals surface area contributed by atoms with Gasteiger partial charge in [0.1, 0.15) is 11.5 Å². The van der Waals surface area contributed by atoms with Crippen LogP contribution >= 0.6 is 0 Å². The van der Waals surface area contributed by atoms with Crippen LogP contribution in [-0.2, 0) is 11.8 Å². The van der Waals surface area contributed by atoms with E-state index in [0.29, 0.717) is 22.6 Å². The number of carbonyl (C=O) groups is 2. The van der Waals surface area contributed by atoms with E-state index in [9.17, 15) is 9.59 Å². The monoisotopic (exact) mass is 389 g/mol. The number of nitrogens with zero attached hydrogens (tertiary/aromatic N) is 1. The highest BCUT2D eigenvalue weighted by Crippen LogP contribution is 2.40. The van der Waals surface area contributed by atoms with Crippen LogP contribution in [0, 0.1) is 12.3 Å². The van der Waals surface area contributed by atoms with Gasteiger partial charge in [0.2, 0.25) is 5.78 Å². The molecule has 3 aromatic rings. The molecule has 2 heterocycles. The minimum Gasteiger partial charge on any atom is -0.452 e. The summed E-state index contributed by atoms with van der Waals surface area (Å²) < 4.78 is 13.5. The smallest absolute Gasteiger partial charge is 0.316 e. The van der Waals surface area contributed by atoms with Crippen molar-refractivity contribution in [2.45, 2.75) is 27.7 Å². The molecule has 0 unspecified atom stereocenters. The molecule has 0 atom stereocenters. The first-order valence-electron chi connectivity index (χ1n) is 9.51. The zero-order valence-electron chi connectivity index (χ0n) is 17.2. The Hall–Kier alpha value is -3.34. The van der Waals surface area contributed by atoms with Gasteiger partial charge in [0.05, 0.1) is 11.0 Å². The van der Waals surface area contributed by atoms with Crippen LogP contribution in [0.1, 0.15) is 42.3 Å². The van der Waals surface area contributed by atoms with Crippen molar-refractivity contribution in [2.75, 3.05) is 0 Å². The molecule has 0 bridgehead atoms. The summed E-state index contributed by atoms with van der Waals surface area (Å²) in [5.74, 6) is 0.600. The van der Waals surface area contributed by atoms with Crippen molar-refractivity contribution in [1.82, 2.24) is 4.57 Å². The normalized spacial score (nSPS) is 14.9. The van der Waals surface area contributed by atoms with Crippen molar-refractivity contribution >= 4 is 28.7 Å². The maximum absolute atomic E-state index is 12.9. The van der Waals surface area contributed by atoms with Gasteiger partial charge in [-0.15, -0.1) is 0 Å². The second kappa shape index (κ2) is 6.62. The molecule has 4 rings (SSSR count). The van der Waals surface area contributed by atoms with Crippen molar-refractivity contribution in [3.63, 3.8) is 0 Å². The Morgan fingerprint density at radius 3 is 2.59 bits per heavy atom. The van der Waals surface area contributed by atoms with Crippen LogP contribution in [0.2, 0.25) is 0 Å². The Morgan fingerprint density at radius 2 is 1.86 bits per heavy atom. The summed E-state index contributed by atoms with van der Waals surface area (Å²) in [6, 6.07) is 11.3. The standard InChI is InChI=1S/C24H23NO4/c1-14-19(29-23(27)24(2,3)4)11-10-17-21(26)20(28-22(14)17)12-15-13-25(5)18-9-7-6-8-16(15)18/h6-13H,1-5H3/b20-12+. The van der Waals surface area contributed by atoms with E-state index in [2.05, 4.69) is 0 Å². The number of para-hydroxylation sites is 1. The van der Waals surface area contributed by atoms with Gasteiger partial charge in [0, 0.05) is 35.3 Å². The molecule has 5 heteroatoms. The van der Waals surface area contributed by atoms with Crippen LogP contribution in [0.15, 0.2) is 48.4 Å². The summed E-state index contributed by atoms with van der Waals surface area (Å²) in [6.07, 6.45) is 3.74. The lowest BCUT2D eigenvalue weighted by Crippen LogP contribution is -2.25. The number of ketones is 1. The first-order chi connectivity index (χ1) is 13.7. The number of aryl methyl sites for hydroxylation is 1. The summed E-state index contributed by atoms with van der Waals surface area (Å²) in [4.78, 5) is 25.1. The number of hydrogen-bond donors (Lipinski definition) is 0. The predicted octanol–water partition coefficient (Wildman–Crippen LogP) is 5.05. The summed E-state index contributed by atoms with van der Waals surface area (Å²) in [5, 5.41) is 1.05. The van der Waals surface area contributed by atoms with Crippen molar-refractivity contribution in [1.29, 1.82) is 0 Å². The highest BCUT2D eigenvalue weighted by atomic mass is 16.5. The number of hydrogen-bond acceptors (Lipinski definition) is 4. The molecule has 0 fully saturated rings. The third-order valence-corrected chi connectivity index (χ3v) is 5.07. The maximum Gasteiger partial charge on any atom is 0.316 e. The van der Waals surface area contributed by atoms with Crippen LogP contribution < -0.4 is 9.47 Å². The number of benzene rings is 2. The van der Waals surface area contributed by atoms with Gasteiger partial charge in [-0.1, -0.05) is 18.2 Å². The van der Waals surface area contributed by atoms with Gasteiger partial charge >= 0.3 is 5.97 Å². The third-order valence-electron chi connectivity index (χ3n) is 5.07. The number of ether oxygens (including phenoxy) is 2. The Bertz CT molecular complexity index is 1190. The Kier molecular flexibility index (Phi) is 4.34. The van der Waals surface area contributed by atoms with E-state index < -0.39 is 5.41 Å². The number of fused-ring (bicyclic) bond motifs is 2.